The number of aryl methyl sites for hydroxylation is 1. The highest BCUT2D eigenvalue weighted by atomic mass is 35.6. The van der Waals surface area contributed by atoms with Gasteiger partial charge in [0.05, 0.1) is 5.69 Å². The Kier molecular flexibility index (Phi) is 4.50. The van der Waals surface area contributed by atoms with Crippen LogP contribution in [0.2, 0.25) is 0 Å². The zero-order valence-corrected chi connectivity index (χ0v) is 14.5. The number of rotatable bonds is 3. The summed E-state index contributed by atoms with van der Waals surface area (Å²) in [6, 6.07) is 1.53. The Balaban J connectivity index is 2.31. The highest BCUT2D eigenvalue weighted by molar-refractivity contribution is 6.77. The van der Waals surface area contributed by atoms with Crippen LogP contribution in [0.25, 0.3) is 0 Å². The minimum atomic E-state index is -2.01. The Bertz CT molecular complexity index is 584. The number of ketones is 2. The minimum absolute atomic E-state index is 0.00763. The van der Waals surface area contributed by atoms with Crippen molar-refractivity contribution in [1.82, 2.24) is 4.57 Å². The first-order valence-corrected chi connectivity index (χ1v) is 7.99. The summed E-state index contributed by atoms with van der Waals surface area (Å²) < 4.78 is -0.474. The van der Waals surface area contributed by atoms with Gasteiger partial charge in [-0.2, -0.15) is 0 Å². The summed E-state index contributed by atoms with van der Waals surface area (Å²) in [6.07, 6.45) is 4.61. The van der Waals surface area contributed by atoms with Gasteiger partial charge in [0.15, 0.2) is 5.78 Å². The van der Waals surface area contributed by atoms with Crippen LogP contribution in [0.1, 0.15) is 54.0 Å². The average Bonchev–Trinajstić information content (AvgIpc) is 2.89. The molecule has 0 aliphatic heterocycles. The van der Waals surface area contributed by atoms with E-state index in [1.807, 2.05) is 0 Å². The standard InChI is InChI=1S/C15H18Cl3NO2/c1-14(2)6-4-5-10(14)12(20)9-7-11(19(3)8-9)13(21)15(16,17)18/h7-8,10H,4-6H2,1-3H3. The average molecular weight is 351 g/mol. The van der Waals surface area contributed by atoms with E-state index in [0.29, 0.717) is 5.56 Å². The number of halogens is 3. The van der Waals surface area contributed by atoms with Gasteiger partial charge in [-0.3, -0.25) is 9.59 Å². The molecule has 1 aromatic heterocycles. The third-order valence-corrected chi connectivity index (χ3v) is 4.87. The van der Waals surface area contributed by atoms with Gasteiger partial charge in [0.1, 0.15) is 0 Å². The molecule has 1 heterocycles. The van der Waals surface area contributed by atoms with E-state index in [1.165, 1.54) is 6.07 Å². The molecule has 0 bridgehead atoms. The molecule has 1 aromatic rings. The summed E-state index contributed by atoms with van der Waals surface area (Å²) in [6.45, 7) is 4.22. The molecule has 1 fully saturated rings. The topological polar surface area (TPSA) is 39.1 Å². The predicted molar refractivity (Wildman–Crippen MR) is 85.5 cm³/mol. The van der Waals surface area contributed by atoms with E-state index in [-0.39, 0.29) is 22.8 Å². The Morgan fingerprint density at radius 3 is 2.43 bits per heavy atom. The molecule has 0 amide bonds. The Morgan fingerprint density at radius 1 is 1.33 bits per heavy atom. The Hall–Kier alpha value is -0.510. The van der Waals surface area contributed by atoms with Crippen molar-refractivity contribution in [1.29, 1.82) is 0 Å². The SMILES string of the molecule is Cn1cc(C(=O)C2CCCC2(C)C)cc1C(=O)C(Cl)(Cl)Cl. The Morgan fingerprint density at radius 2 is 1.95 bits per heavy atom. The lowest BCUT2D eigenvalue weighted by atomic mass is 9.78. The zero-order chi connectivity index (χ0) is 16.0. The predicted octanol–water partition coefficient (Wildman–Crippen LogP) is 4.59. The van der Waals surface area contributed by atoms with Crippen LogP contribution < -0.4 is 0 Å². The maximum Gasteiger partial charge on any atom is 0.255 e. The second-order valence-corrected chi connectivity index (χ2v) is 8.63. The third kappa shape index (κ3) is 3.30. The van der Waals surface area contributed by atoms with Gasteiger partial charge in [-0.15, -0.1) is 0 Å². The molecule has 0 radical (unpaired) electrons. The lowest BCUT2D eigenvalue weighted by Crippen LogP contribution is -2.25. The molecule has 0 N–H and O–H groups in total. The third-order valence-electron chi connectivity index (χ3n) is 4.35. The molecule has 0 aromatic carbocycles. The van der Waals surface area contributed by atoms with Crippen molar-refractivity contribution in [3.05, 3.63) is 23.5 Å². The molecular weight excluding hydrogens is 333 g/mol. The molecule has 3 nitrogen and oxygen atoms in total. The number of alkyl halides is 3. The summed E-state index contributed by atoms with van der Waals surface area (Å²) in [7, 11) is 1.67. The minimum Gasteiger partial charge on any atom is -0.347 e. The van der Waals surface area contributed by atoms with Crippen molar-refractivity contribution in [3.8, 4) is 0 Å². The van der Waals surface area contributed by atoms with Crippen molar-refractivity contribution in [2.24, 2.45) is 18.4 Å². The molecule has 21 heavy (non-hydrogen) atoms. The molecule has 116 valence electrons. The summed E-state index contributed by atoms with van der Waals surface area (Å²) in [5, 5.41) is 0. The van der Waals surface area contributed by atoms with Crippen LogP contribution in [0.15, 0.2) is 12.3 Å². The van der Waals surface area contributed by atoms with Gasteiger partial charge in [-0.1, -0.05) is 55.1 Å². The normalized spacial score (nSPS) is 21.5. The van der Waals surface area contributed by atoms with E-state index < -0.39 is 9.58 Å². The number of hydrogen-bond acceptors (Lipinski definition) is 2. The van der Waals surface area contributed by atoms with Gasteiger partial charge < -0.3 is 4.57 Å². The number of Topliss-reactive ketones (excluding diaryl/α,β-unsaturated/α-hetero) is 2. The molecule has 1 aliphatic rings. The van der Waals surface area contributed by atoms with E-state index in [0.717, 1.165) is 19.3 Å². The quantitative estimate of drug-likeness (QED) is 0.591. The van der Waals surface area contributed by atoms with Crippen LogP contribution in [0, 0.1) is 11.3 Å². The second kappa shape index (κ2) is 5.60. The lowest BCUT2D eigenvalue weighted by molar-refractivity contribution is 0.0839. The molecule has 1 saturated carbocycles. The maximum atomic E-state index is 12.7. The highest BCUT2D eigenvalue weighted by Gasteiger charge is 2.40. The smallest absolute Gasteiger partial charge is 0.255 e. The summed E-state index contributed by atoms with van der Waals surface area (Å²) in [5.74, 6) is -0.577. The molecule has 0 saturated heterocycles. The number of carbonyl (C=O) groups excluding carboxylic acids is 2. The van der Waals surface area contributed by atoms with Crippen molar-refractivity contribution < 1.29 is 9.59 Å². The molecule has 2 rings (SSSR count). The van der Waals surface area contributed by atoms with Crippen molar-refractivity contribution >= 4 is 46.4 Å². The molecular formula is C15H18Cl3NO2. The number of hydrogen-bond donors (Lipinski definition) is 0. The first kappa shape index (κ1) is 16.9. The van der Waals surface area contributed by atoms with Crippen molar-refractivity contribution in [3.63, 3.8) is 0 Å². The van der Waals surface area contributed by atoms with Crippen LogP contribution in [-0.4, -0.2) is 19.9 Å². The fourth-order valence-electron chi connectivity index (χ4n) is 3.08. The molecule has 1 atom stereocenters. The number of aromatic nitrogens is 1. The fraction of sp³-hybridized carbons (Fsp3) is 0.600. The van der Waals surface area contributed by atoms with Crippen LogP contribution >= 0.6 is 34.8 Å². The summed E-state index contributed by atoms with van der Waals surface area (Å²) >= 11 is 16.9. The monoisotopic (exact) mass is 349 g/mol. The van der Waals surface area contributed by atoms with Crippen molar-refractivity contribution in [2.75, 3.05) is 0 Å². The van der Waals surface area contributed by atoms with Crippen LogP contribution in [0.3, 0.4) is 0 Å². The maximum absolute atomic E-state index is 12.7. The van der Waals surface area contributed by atoms with Gasteiger partial charge in [0, 0.05) is 24.7 Å². The molecule has 1 unspecified atom stereocenters. The van der Waals surface area contributed by atoms with E-state index in [4.69, 9.17) is 34.8 Å². The highest BCUT2D eigenvalue weighted by Crippen LogP contribution is 2.44. The van der Waals surface area contributed by atoms with Crippen LogP contribution in [0.4, 0.5) is 0 Å². The largest absolute Gasteiger partial charge is 0.347 e. The first-order valence-electron chi connectivity index (χ1n) is 6.86. The van der Waals surface area contributed by atoms with E-state index in [1.54, 1.807) is 17.8 Å². The molecule has 0 spiro atoms. The first-order chi connectivity index (χ1) is 9.54. The molecule has 6 heteroatoms. The number of nitrogens with zero attached hydrogens (tertiary/aromatic N) is 1. The summed E-state index contributed by atoms with van der Waals surface area (Å²) in [4.78, 5) is 24.7. The van der Waals surface area contributed by atoms with E-state index in [9.17, 15) is 9.59 Å². The lowest BCUT2D eigenvalue weighted by Gasteiger charge is -2.25. The van der Waals surface area contributed by atoms with Crippen LogP contribution in [0.5, 0.6) is 0 Å². The van der Waals surface area contributed by atoms with Crippen molar-refractivity contribution in [2.45, 2.75) is 36.9 Å². The number of carbonyl (C=O) groups is 2. The Labute approximate surface area is 139 Å². The van der Waals surface area contributed by atoms with E-state index in [2.05, 4.69) is 13.8 Å². The molecule has 1 aliphatic carbocycles. The van der Waals surface area contributed by atoms with E-state index >= 15 is 0 Å². The van der Waals surface area contributed by atoms with Gasteiger partial charge in [-0.25, -0.2) is 0 Å². The fourth-order valence-corrected chi connectivity index (χ4v) is 3.37. The van der Waals surface area contributed by atoms with Gasteiger partial charge >= 0.3 is 0 Å². The van der Waals surface area contributed by atoms with Crippen LogP contribution in [-0.2, 0) is 7.05 Å². The van der Waals surface area contributed by atoms with Gasteiger partial charge in [-0.05, 0) is 24.3 Å². The second-order valence-electron chi connectivity index (χ2n) is 6.35. The zero-order valence-electron chi connectivity index (χ0n) is 12.3. The summed E-state index contributed by atoms with van der Waals surface area (Å²) in [5.41, 5.74) is 0.732. The van der Waals surface area contributed by atoms with Gasteiger partial charge in [0.25, 0.3) is 3.79 Å². The van der Waals surface area contributed by atoms with Gasteiger partial charge in [0.2, 0.25) is 5.78 Å².